The summed E-state index contributed by atoms with van der Waals surface area (Å²) in [5.74, 6) is 1.08. The van der Waals surface area contributed by atoms with Crippen LogP contribution in [-0.4, -0.2) is 28.3 Å². The van der Waals surface area contributed by atoms with Crippen molar-refractivity contribution >= 4 is 39.8 Å². The molecule has 1 aromatic carbocycles. The van der Waals surface area contributed by atoms with Crippen LogP contribution in [0.25, 0.3) is 11.3 Å². The number of thiazole rings is 1. The van der Waals surface area contributed by atoms with Crippen molar-refractivity contribution < 1.29 is 9.59 Å². The Morgan fingerprint density at radius 3 is 3.00 bits per heavy atom. The number of carbonyl (C=O) groups is 2. The van der Waals surface area contributed by atoms with E-state index in [4.69, 9.17) is 0 Å². The molecule has 0 N–H and O–H groups in total. The van der Waals surface area contributed by atoms with E-state index in [0.29, 0.717) is 18.7 Å². The summed E-state index contributed by atoms with van der Waals surface area (Å²) in [4.78, 5) is 29.7. The number of aryl methyl sites for hydroxylation is 1. The second-order valence-corrected chi connectivity index (χ2v) is 7.94. The summed E-state index contributed by atoms with van der Waals surface area (Å²) in [6.45, 7) is 4.23. The Morgan fingerprint density at radius 1 is 1.48 bits per heavy atom. The van der Waals surface area contributed by atoms with Crippen molar-refractivity contribution in [3.8, 4) is 11.3 Å². The monoisotopic (exact) mass is 346 g/mol. The Labute approximate surface area is 143 Å². The van der Waals surface area contributed by atoms with Crippen molar-refractivity contribution in [3.63, 3.8) is 0 Å². The van der Waals surface area contributed by atoms with E-state index in [0.717, 1.165) is 22.0 Å². The first-order valence-corrected chi connectivity index (χ1v) is 9.36. The maximum Gasteiger partial charge on any atom is 0.227 e. The zero-order chi connectivity index (χ0) is 16.4. The fourth-order valence-electron chi connectivity index (χ4n) is 2.71. The van der Waals surface area contributed by atoms with Crippen LogP contribution >= 0.6 is 23.1 Å². The van der Waals surface area contributed by atoms with Crippen LogP contribution in [0.3, 0.4) is 0 Å². The molecule has 3 rings (SSSR count). The van der Waals surface area contributed by atoms with Gasteiger partial charge in [-0.15, -0.1) is 11.3 Å². The van der Waals surface area contributed by atoms with E-state index in [9.17, 15) is 9.59 Å². The molecular weight excluding hydrogens is 328 g/mol. The van der Waals surface area contributed by atoms with E-state index in [2.05, 4.69) is 4.98 Å². The van der Waals surface area contributed by atoms with Gasteiger partial charge in [-0.3, -0.25) is 9.59 Å². The largest absolute Gasteiger partial charge is 0.312 e. The minimum absolute atomic E-state index is 0.108. The van der Waals surface area contributed by atoms with Crippen LogP contribution in [0.2, 0.25) is 0 Å². The minimum atomic E-state index is 0.108. The van der Waals surface area contributed by atoms with Gasteiger partial charge in [-0.05, 0) is 25.0 Å². The molecule has 1 atom stereocenters. The molecule has 0 bridgehead atoms. The normalized spacial score (nSPS) is 17.7. The molecule has 1 unspecified atom stereocenters. The fraction of sp³-hybridized carbons (Fsp3) is 0.353. The summed E-state index contributed by atoms with van der Waals surface area (Å²) in [6, 6.07) is 7.96. The summed E-state index contributed by atoms with van der Waals surface area (Å²) < 4.78 is 0. The third-order valence-electron chi connectivity index (χ3n) is 3.80. The molecule has 1 aromatic heterocycles. The van der Waals surface area contributed by atoms with E-state index >= 15 is 0 Å². The number of hydrogen-bond acceptors (Lipinski definition) is 5. The predicted octanol–water partition coefficient (Wildman–Crippen LogP) is 3.75. The Hall–Kier alpha value is -1.66. The second kappa shape index (κ2) is 6.84. The predicted molar refractivity (Wildman–Crippen MR) is 95.9 cm³/mol. The summed E-state index contributed by atoms with van der Waals surface area (Å²) in [5.41, 5.74) is 2.89. The van der Waals surface area contributed by atoms with Crippen LogP contribution in [-0.2, 0) is 9.59 Å². The Bertz CT molecular complexity index is 742. The van der Waals surface area contributed by atoms with Crippen LogP contribution in [0.5, 0.6) is 0 Å². The molecular formula is C17H18N2O2S2. The van der Waals surface area contributed by atoms with Crippen molar-refractivity contribution in [2.75, 3.05) is 17.2 Å². The summed E-state index contributed by atoms with van der Waals surface area (Å²) in [7, 11) is 0. The first-order chi connectivity index (χ1) is 11.0. The molecule has 120 valence electrons. The van der Waals surface area contributed by atoms with E-state index in [1.54, 1.807) is 18.3 Å². The molecule has 6 heteroatoms. The molecule has 1 amide bonds. The lowest BCUT2D eigenvalue weighted by molar-refractivity contribution is -0.117. The first-order valence-electron chi connectivity index (χ1n) is 7.49. The van der Waals surface area contributed by atoms with Gasteiger partial charge in [-0.25, -0.2) is 4.98 Å². The minimum Gasteiger partial charge on any atom is -0.312 e. The van der Waals surface area contributed by atoms with Gasteiger partial charge >= 0.3 is 0 Å². The lowest BCUT2D eigenvalue weighted by Gasteiger charge is -2.17. The summed E-state index contributed by atoms with van der Waals surface area (Å²) >= 11 is 2.93. The number of thioether (sulfide) groups is 1. The molecule has 1 aliphatic rings. The molecule has 1 saturated heterocycles. The standard InChI is InChI=1S/C17H18N2O2S2/c1-11-18-16(10-22-11)14-4-3-5-15(7-14)19-8-13(6-17(19)21)9-23-12(2)20/h3-5,7,10,13H,6,8-9H2,1-2H3. The zero-order valence-electron chi connectivity index (χ0n) is 13.1. The number of carbonyl (C=O) groups excluding carboxylic acids is 2. The number of nitrogens with zero attached hydrogens (tertiary/aromatic N) is 2. The fourth-order valence-corrected chi connectivity index (χ4v) is 4.02. The van der Waals surface area contributed by atoms with Gasteiger partial charge in [0.25, 0.3) is 0 Å². The highest BCUT2D eigenvalue weighted by Gasteiger charge is 2.30. The number of aromatic nitrogens is 1. The van der Waals surface area contributed by atoms with E-state index in [1.807, 2.05) is 41.5 Å². The number of benzene rings is 1. The van der Waals surface area contributed by atoms with Crippen LogP contribution in [0.4, 0.5) is 5.69 Å². The third kappa shape index (κ3) is 3.82. The Balaban J connectivity index is 1.76. The van der Waals surface area contributed by atoms with Gasteiger partial charge in [-0.2, -0.15) is 0 Å². The van der Waals surface area contributed by atoms with Gasteiger partial charge in [-0.1, -0.05) is 23.9 Å². The molecule has 0 aliphatic carbocycles. The quantitative estimate of drug-likeness (QED) is 0.846. The molecule has 1 aliphatic heterocycles. The van der Waals surface area contributed by atoms with Crippen molar-refractivity contribution in [3.05, 3.63) is 34.7 Å². The lowest BCUT2D eigenvalue weighted by Crippen LogP contribution is -2.24. The van der Waals surface area contributed by atoms with Crippen molar-refractivity contribution in [1.29, 1.82) is 0 Å². The molecule has 1 fully saturated rings. The highest BCUT2D eigenvalue weighted by molar-refractivity contribution is 8.13. The van der Waals surface area contributed by atoms with Gasteiger partial charge in [0.1, 0.15) is 0 Å². The number of anilines is 1. The van der Waals surface area contributed by atoms with E-state index in [-0.39, 0.29) is 16.9 Å². The average Bonchev–Trinajstić information content (AvgIpc) is 3.11. The summed E-state index contributed by atoms with van der Waals surface area (Å²) in [6.07, 6.45) is 0.514. The van der Waals surface area contributed by atoms with Crippen LogP contribution in [0.15, 0.2) is 29.6 Å². The average molecular weight is 346 g/mol. The van der Waals surface area contributed by atoms with E-state index < -0.39 is 0 Å². The Kier molecular flexibility index (Phi) is 4.82. The van der Waals surface area contributed by atoms with E-state index in [1.165, 1.54) is 11.8 Å². The van der Waals surface area contributed by atoms with Gasteiger partial charge < -0.3 is 4.90 Å². The maximum absolute atomic E-state index is 12.3. The molecule has 0 radical (unpaired) electrons. The molecule has 23 heavy (non-hydrogen) atoms. The molecule has 2 heterocycles. The van der Waals surface area contributed by atoms with Gasteiger partial charge in [0.05, 0.1) is 10.7 Å². The highest BCUT2D eigenvalue weighted by atomic mass is 32.2. The SMILES string of the molecule is CC(=O)SCC1CC(=O)N(c2cccc(-c3csc(C)n3)c2)C1. The van der Waals surface area contributed by atoms with Crippen LogP contribution in [0.1, 0.15) is 18.4 Å². The first kappa shape index (κ1) is 16.2. The third-order valence-corrected chi connectivity index (χ3v) is 5.62. The van der Waals surface area contributed by atoms with Crippen LogP contribution < -0.4 is 4.90 Å². The van der Waals surface area contributed by atoms with Crippen molar-refractivity contribution in [2.45, 2.75) is 20.3 Å². The molecule has 0 saturated carbocycles. The highest BCUT2D eigenvalue weighted by Crippen LogP contribution is 2.30. The lowest BCUT2D eigenvalue weighted by atomic mass is 10.1. The van der Waals surface area contributed by atoms with Gasteiger partial charge in [0.2, 0.25) is 5.91 Å². The second-order valence-electron chi connectivity index (χ2n) is 5.68. The summed E-state index contributed by atoms with van der Waals surface area (Å²) in [5, 5.41) is 3.17. The number of hydrogen-bond donors (Lipinski definition) is 0. The Morgan fingerprint density at radius 2 is 2.30 bits per heavy atom. The van der Waals surface area contributed by atoms with Crippen LogP contribution in [0, 0.1) is 12.8 Å². The molecule has 4 nitrogen and oxygen atoms in total. The maximum atomic E-state index is 12.3. The van der Waals surface area contributed by atoms with Gasteiger partial charge in [0.15, 0.2) is 5.12 Å². The molecule has 0 spiro atoms. The smallest absolute Gasteiger partial charge is 0.227 e. The number of rotatable bonds is 4. The topological polar surface area (TPSA) is 50.3 Å². The zero-order valence-corrected chi connectivity index (χ0v) is 14.7. The number of amides is 1. The molecule has 2 aromatic rings. The van der Waals surface area contributed by atoms with Gasteiger partial charge in [0, 0.05) is 42.3 Å². The van der Waals surface area contributed by atoms with Crippen molar-refractivity contribution in [2.24, 2.45) is 5.92 Å². The van der Waals surface area contributed by atoms with Crippen molar-refractivity contribution in [1.82, 2.24) is 4.98 Å².